The fraction of sp³-hybridized carbons (Fsp3) is 0.889. The second-order valence-corrected chi connectivity index (χ2v) is 6.13. The maximum Gasteiger partial charge on any atom is 0.235 e. The van der Waals surface area contributed by atoms with Crippen LogP contribution in [0.1, 0.15) is 27.7 Å². The van der Waals surface area contributed by atoms with Gasteiger partial charge in [0.1, 0.15) is 5.75 Å². The number of amides is 1. The van der Waals surface area contributed by atoms with E-state index in [9.17, 15) is 13.2 Å². The van der Waals surface area contributed by atoms with E-state index < -0.39 is 21.5 Å². The third-order valence-electron chi connectivity index (χ3n) is 2.18. The zero-order valence-electron chi connectivity index (χ0n) is 9.20. The Labute approximate surface area is 86.0 Å². The van der Waals surface area contributed by atoms with Crippen LogP contribution in [-0.2, 0) is 14.6 Å². The van der Waals surface area contributed by atoms with E-state index in [0.717, 1.165) is 0 Å². The average molecular weight is 221 g/mol. The van der Waals surface area contributed by atoms with Crippen molar-refractivity contribution < 1.29 is 13.2 Å². The van der Waals surface area contributed by atoms with Crippen molar-refractivity contribution in [2.75, 3.05) is 11.5 Å². The maximum absolute atomic E-state index is 11.2. The second-order valence-electron chi connectivity index (χ2n) is 3.78. The van der Waals surface area contributed by atoms with Crippen LogP contribution in [0.2, 0.25) is 0 Å². The summed E-state index contributed by atoms with van der Waals surface area (Å²) in [6, 6.07) is 0.00885. The third kappa shape index (κ3) is 5.21. The summed E-state index contributed by atoms with van der Waals surface area (Å²) in [6.45, 7) is 7.34. The van der Waals surface area contributed by atoms with Crippen LogP contribution >= 0.6 is 0 Å². The van der Waals surface area contributed by atoms with Gasteiger partial charge in [-0.25, -0.2) is 8.42 Å². The number of sulfone groups is 1. The molecule has 1 N–H and O–H groups in total. The Morgan fingerprint density at radius 2 is 1.79 bits per heavy atom. The summed E-state index contributed by atoms with van der Waals surface area (Å²) in [6.07, 6.45) is 0. The lowest BCUT2D eigenvalue weighted by Gasteiger charge is -2.17. The SMILES string of the molecule is CCS(=O)(=O)CC(=O)NC(C)C(C)C. The number of nitrogens with one attached hydrogen (secondary N) is 1. The Morgan fingerprint density at radius 1 is 1.29 bits per heavy atom. The van der Waals surface area contributed by atoms with E-state index >= 15 is 0 Å². The number of rotatable bonds is 5. The van der Waals surface area contributed by atoms with Gasteiger partial charge in [0.05, 0.1) is 0 Å². The average Bonchev–Trinajstić information content (AvgIpc) is 2.02. The smallest absolute Gasteiger partial charge is 0.235 e. The first-order valence-corrected chi connectivity index (χ1v) is 6.60. The lowest BCUT2D eigenvalue weighted by molar-refractivity contribution is -0.119. The molecule has 0 aromatic rings. The van der Waals surface area contributed by atoms with E-state index in [4.69, 9.17) is 0 Å². The van der Waals surface area contributed by atoms with E-state index in [1.165, 1.54) is 6.92 Å². The number of carbonyl (C=O) groups excluding carboxylic acids is 1. The topological polar surface area (TPSA) is 63.2 Å². The highest BCUT2D eigenvalue weighted by molar-refractivity contribution is 7.92. The van der Waals surface area contributed by atoms with Crippen LogP contribution in [0, 0.1) is 5.92 Å². The van der Waals surface area contributed by atoms with Crippen LogP contribution in [-0.4, -0.2) is 31.9 Å². The first kappa shape index (κ1) is 13.4. The zero-order chi connectivity index (χ0) is 11.4. The minimum Gasteiger partial charge on any atom is -0.353 e. The van der Waals surface area contributed by atoms with Crippen molar-refractivity contribution in [1.29, 1.82) is 0 Å². The molecule has 0 radical (unpaired) electrons. The monoisotopic (exact) mass is 221 g/mol. The predicted octanol–water partition coefficient (Wildman–Crippen LogP) is 0.582. The molecule has 1 amide bonds. The first-order chi connectivity index (χ1) is 6.28. The van der Waals surface area contributed by atoms with Crippen molar-refractivity contribution in [3.05, 3.63) is 0 Å². The van der Waals surface area contributed by atoms with E-state index in [1.54, 1.807) is 0 Å². The fourth-order valence-electron chi connectivity index (χ4n) is 0.764. The molecule has 0 aromatic heterocycles. The molecular formula is C9H19NO3S. The van der Waals surface area contributed by atoms with Crippen LogP contribution in [0.25, 0.3) is 0 Å². The molecule has 84 valence electrons. The lowest BCUT2D eigenvalue weighted by atomic mass is 10.1. The van der Waals surface area contributed by atoms with Gasteiger partial charge in [-0.3, -0.25) is 4.79 Å². The van der Waals surface area contributed by atoms with Crippen LogP contribution in [0.3, 0.4) is 0 Å². The van der Waals surface area contributed by atoms with Gasteiger partial charge >= 0.3 is 0 Å². The predicted molar refractivity (Wildman–Crippen MR) is 56.8 cm³/mol. The highest BCUT2D eigenvalue weighted by atomic mass is 32.2. The molecule has 5 heteroatoms. The zero-order valence-corrected chi connectivity index (χ0v) is 10.0. The molecule has 0 aliphatic heterocycles. The summed E-state index contributed by atoms with van der Waals surface area (Å²) in [5, 5.41) is 2.65. The minimum absolute atomic E-state index is 0.00885. The summed E-state index contributed by atoms with van der Waals surface area (Å²) in [5.74, 6) is -0.492. The number of hydrogen-bond donors (Lipinski definition) is 1. The molecule has 1 unspecified atom stereocenters. The molecule has 0 spiro atoms. The van der Waals surface area contributed by atoms with Crippen molar-refractivity contribution in [2.24, 2.45) is 5.92 Å². The van der Waals surface area contributed by atoms with E-state index in [-0.39, 0.29) is 11.8 Å². The molecule has 14 heavy (non-hydrogen) atoms. The maximum atomic E-state index is 11.2. The standard InChI is InChI=1S/C9H19NO3S/c1-5-14(12,13)6-9(11)10-8(4)7(2)3/h7-8H,5-6H2,1-4H3,(H,10,11). The molecule has 0 aromatic carbocycles. The molecule has 0 fully saturated rings. The van der Waals surface area contributed by atoms with Crippen LogP contribution in [0.15, 0.2) is 0 Å². The largest absolute Gasteiger partial charge is 0.353 e. The summed E-state index contributed by atoms with van der Waals surface area (Å²) in [7, 11) is -3.20. The third-order valence-corrected chi connectivity index (χ3v) is 3.76. The van der Waals surface area contributed by atoms with Crippen molar-refractivity contribution in [2.45, 2.75) is 33.7 Å². The van der Waals surface area contributed by atoms with Crippen LogP contribution < -0.4 is 5.32 Å². The van der Waals surface area contributed by atoms with E-state index in [1.807, 2.05) is 20.8 Å². The van der Waals surface area contributed by atoms with Gasteiger partial charge in [0.15, 0.2) is 9.84 Å². The molecule has 0 saturated carbocycles. The van der Waals surface area contributed by atoms with Gasteiger partial charge in [0, 0.05) is 11.8 Å². The minimum atomic E-state index is -3.20. The van der Waals surface area contributed by atoms with Gasteiger partial charge < -0.3 is 5.32 Å². The van der Waals surface area contributed by atoms with Crippen molar-refractivity contribution in [3.63, 3.8) is 0 Å². The summed E-state index contributed by atoms with van der Waals surface area (Å²) >= 11 is 0. The quantitative estimate of drug-likeness (QED) is 0.738. The molecule has 0 rings (SSSR count). The second kappa shape index (κ2) is 5.34. The highest BCUT2D eigenvalue weighted by Gasteiger charge is 2.16. The first-order valence-electron chi connectivity index (χ1n) is 4.78. The molecule has 4 nitrogen and oxygen atoms in total. The summed E-state index contributed by atoms with van der Waals surface area (Å²) < 4.78 is 22.2. The van der Waals surface area contributed by atoms with Gasteiger partial charge in [0.2, 0.25) is 5.91 Å². The van der Waals surface area contributed by atoms with Crippen molar-refractivity contribution in [3.8, 4) is 0 Å². The van der Waals surface area contributed by atoms with Crippen LogP contribution in [0.4, 0.5) is 0 Å². The Morgan fingerprint density at radius 3 is 2.14 bits per heavy atom. The molecule has 0 bridgehead atoms. The van der Waals surface area contributed by atoms with Crippen molar-refractivity contribution in [1.82, 2.24) is 5.32 Å². The van der Waals surface area contributed by atoms with Gasteiger partial charge in [-0.05, 0) is 12.8 Å². The molecule has 0 aliphatic carbocycles. The summed E-state index contributed by atoms with van der Waals surface area (Å²) in [4.78, 5) is 11.2. The molecular weight excluding hydrogens is 202 g/mol. The van der Waals surface area contributed by atoms with Gasteiger partial charge in [-0.2, -0.15) is 0 Å². The summed E-state index contributed by atoms with van der Waals surface area (Å²) in [5.41, 5.74) is 0. The van der Waals surface area contributed by atoms with E-state index in [0.29, 0.717) is 5.92 Å². The van der Waals surface area contributed by atoms with E-state index in [2.05, 4.69) is 5.32 Å². The molecule has 1 atom stereocenters. The Kier molecular flexibility index (Phi) is 5.12. The lowest BCUT2D eigenvalue weighted by Crippen LogP contribution is -2.39. The van der Waals surface area contributed by atoms with Gasteiger partial charge in [0.25, 0.3) is 0 Å². The Balaban J connectivity index is 4.13. The van der Waals surface area contributed by atoms with Gasteiger partial charge in [-0.1, -0.05) is 20.8 Å². The molecule has 0 heterocycles. The van der Waals surface area contributed by atoms with Crippen molar-refractivity contribution >= 4 is 15.7 Å². The highest BCUT2D eigenvalue weighted by Crippen LogP contribution is 2.00. The Hall–Kier alpha value is -0.580. The number of carbonyl (C=O) groups is 1. The Bertz CT molecular complexity index is 282. The normalized spacial score (nSPS) is 14.1. The number of hydrogen-bond acceptors (Lipinski definition) is 3. The molecule has 0 aliphatic rings. The van der Waals surface area contributed by atoms with Gasteiger partial charge in [-0.15, -0.1) is 0 Å². The van der Waals surface area contributed by atoms with Crippen LogP contribution in [0.5, 0.6) is 0 Å². The fourth-order valence-corrected chi connectivity index (χ4v) is 1.45. The molecule has 0 saturated heterocycles.